The van der Waals surface area contributed by atoms with Crippen LogP contribution in [-0.2, 0) is 25.6 Å². The molecule has 0 aliphatic heterocycles. The van der Waals surface area contributed by atoms with Crippen LogP contribution in [0.25, 0.3) is 0 Å². The molecule has 1 rings (SSSR count). The molecule has 0 bridgehead atoms. The van der Waals surface area contributed by atoms with E-state index in [0.717, 1.165) is 5.01 Å². The van der Waals surface area contributed by atoms with Crippen LogP contribution < -0.4 is 11.2 Å². The second kappa shape index (κ2) is 9.26. The van der Waals surface area contributed by atoms with E-state index < -0.39 is 36.3 Å². The van der Waals surface area contributed by atoms with Crippen LogP contribution in [-0.4, -0.2) is 51.6 Å². The lowest BCUT2D eigenvalue weighted by Crippen LogP contribution is -2.54. The Morgan fingerprint density at radius 2 is 1.75 bits per heavy atom. The number of carbonyl (C=O) groups is 4. The summed E-state index contributed by atoms with van der Waals surface area (Å²) in [5, 5.41) is 18.8. The number of hydrogen-bond donors (Lipinski definition) is 4. The fraction of sp³-hybridized carbons (Fsp3) is 0.333. The normalized spacial score (nSPS) is 11.5. The first-order chi connectivity index (χ1) is 11.3. The molecule has 1 atom stereocenters. The van der Waals surface area contributed by atoms with Crippen LogP contribution in [0, 0.1) is 0 Å². The maximum Gasteiger partial charge on any atom is 0.328 e. The average molecular weight is 337 g/mol. The summed E-state index contributed by atoms with van der Waals surface area (Å²) in [6.07, 6.45) is -0.591. The van der Waals surface area contributed by atoms with Crippen molar-refractivity contribution >= 4 is 23.8 Å². The number of benzene rings is 1. The fourth-order valence-electron chi connectivity index (χ4n) is 2.02. The molecule has 0 aliphatic carbocycles. The summed E-state index contributed by atoms with van der Waals surface area (Å²) >= 11 is 0. The van der Waals surface area contributed by atoms with E-state index in [1.165, 1.54) is 0 Å². The zero-order valence-electron chi connectivity index (χ0n) is 12.8. The number of hydrazine groups is 1. The van der Waals surface area contributed by atoms with E-state index >= 15 is 0 Å². The smallest absolute Gasteiger partial charge is 0.328 e. The van der Waals surface area contributed by atoms with E-state index in [1.54, 1.807) is 30.3 Å². The number of carbonyl (C=O) groups excluding carboxylic acids is 2. The van der Waals surface area contributed by atoms with Gasteiger partial charge in [0.25, 0.3) is 0 Å². The van der Waals surface area contributed by atoms with E-state index in [1.807, 2.05) is 0 Å². The summed E-state index contributed by atoms with van der Waals surface area (Å²) in [6.45, 7) is -0.638. The lowest BCUT2D eigenvalue weighted by molar-refractivity contribution is -0.155. The first-order valence-electron chi connectivity index (χ1n) is 7.13. The number of carboxylic acid groups (broad SMARTS) is 2. The van der Waals surface area contributed by atoms with Crippen LogP contribution in [0.4, 0.5) is 0 Å². The van der Waals surface area contributed by atoms with Crippen LogP contribution in [0.2, 0.25) is 0 Å². The zero-order chi connectivity index (χ0) is 18.1. The van der Waals surface area contributed by atoms with Gasteiger partial charge >= 0.3 is 11.9 Å². The predicted molar refractivity (Wildman–Crippen MR) is 82.5 cm³/mol. The average Bonchev–Trinajstić information content (AvgIpc) is 2.50. The SMILES string of the molecule is NC(=O)CC[C@@H](C(=O)O)N(NCC(=O)O)C(=O)Cc1ccccc1. The van der Waals surface area contributed by atoms with Crippen molar-refractivity contribution in [1.29, 1.82) is 0 Å². The third kappa shape index (κ3) is 6.44. The molecule has 9 heteroatoms. The van der Waals surface area contributed by atoms with Gasteiger partial charge in [-0.25, -0.2) is 10.2 Å². The van der Waals surface area contributed by atoms with Gasteiger partial charge in [-0.05, 0) is 12.0 Å². The second-order valence-electron chi connectivity index (χ2n) is 5.01. The standard InChI is InChI=1S/C15H19N3O6/c16-12(19)7-6-11(15(23)24)18(17-9-14(21)22)13(20)8-10-4-2-1-3-5-10/h1-5,11,17H,6-9H2,(H2,16,19)(H,21,22)(H,23,24)/t11-/m0/s1. The third-order valence-electron chi connectivity index (χ3n) is 3.13. The highest BCUT2D eigenvalue weighted by Crippen LogP contribution is 2.09. The van der Waals surface area contributed by atoms with Crippen molar-refractivity contribution in [2.75, 3.05) is 6.54 Å². The third-order valence-corrected chi connectivity index (χ3v) is 3.13. The molecule has 1 aromatic rings. The Bertz CT molecular complexity index is 604. The van der Waals surface area contributed by atoms with Gasteiger partial charge in [0.05, 0.1) is 6.42 Å². The molecule has 9 nitrogen and oxygen atoms in total. The second-order valence-corrected chi connectivity index (χ2v) is 5.01. The van der Waals surface area contributed by atoms with Crippen molar-refractivity contribution in [2.45, 2.75) is 25.3 Å². The molecule has 0 fully saturated rings. The number of nitrogens with zero attached hydrogens (tertiary/aromatic N) is 1. The van der Waals surface area contributed by atoms with Crippen LogP contribution >= 0.6 is 0 Å². The molecular formula is C15H19N3O6. The lowest BCUT2D eigenvalue weighted by atomic mass is 10.1. The maximum atomic E-state index is 12.4. The predicted octanol–water partition coefficient (Wildman–Crippen LogP) is -0.634. The minimum atomic E-state index is -1.41. The van der Waals surface area contributed by atoms with E-state index in [4.69, 9.17) is 10.8 Å². The van der Waals surface area contributed by atoms with Crippen molar-refractivity contribution < 1.29 is 29.4 Å². The molecule has 0 radical (unpaired) electrons. The van der Waals surface area contributed by atoms with E-state index in [-0.39, 0.29) is 19.3 Å². The van der Waals surface area contributed by atoms with Gasteiger partial charge < -0.3 is 15.9 Å². The summed E-state index contributed by atoms with van der Waals surface area (Å²) in [7, 11) is 0. The Kier molecular flexibility index (Phi) is 7.37. The lowest BCUT2D eigenvalue weighted by Gasteiger charge is -2.28. The van der Waals surface area contributed by atoms with Crippen molar-refractivity contribution in [3.8, 4) is 0 Å². The van der Waals surface area contributed by atoms with Crippen LogP contribution in [0.15, 0.2) is 30.3 Å². The Morgan fingerprint density at radius 1 is 1.12 bits per heavy atom. The first kappa shape index (κ1) is 19.1. The van der Waals surface area contributed by atoms with Crippen LogP contribution in [0.1, 0.15) is 18.4 Å². The molecule has 0 aromatic heterocycles. The molecule has 0 saturated carbocycles. The maximum absolute atomic E-state index is 12.4. The molecule has 5 N–H and O–H groups in total. The quantitative estimate of drug-likeness (QED) is 0.415. The van der Waals surface area contributed by atoms with E-state index in [2.05, 4.69) is 5.43 Å². The van der Waals surface area contributed by atoms with Gasteiger partial charge in [0.1, 0.15) is 12.6 Å². The minimum absolute atomic E-state index is 0.117. The number of primary amides is 1. The number of nitrogens with one attached hydrogen (secondary N) is 1. The summed E-state index contributed by atoms with van der Waals surface area (Å²) in [5.74, 6) is -3.96. The molecule has 0 unspecified atom stereocenters. The molecule has 130 valence electrons. The van der Waals surface area contributed by atoms with Gasteiger partial charge in [-0.15, -0.1) is 0 Å². The van der Waals surface area contributed by atoms with Crippen molar-refractivity contribution in [1.82, 2.24) is 10.4 Å². The van der Waals surface area contributed by atoms with E-state index in [0.29, 0.717) is 5.56 Å². The summed E-state index contributed by atoms with van der Waals surface area (Å²) < 4.78 is 0. The van der Waals surface area contributed by atoms with Crippen molar-refractivity contribution in [2.24, 2.45) is 5.73 Å². The minimum Gasteiger partial charge on any atom is -0.480 e. The van der Waals surface area contributed by atoms with Gasteiger partial charge in [-0.3, -0.25) is 19.4 Å². The topological polar surface area (TPSA) is 150 Å². The van der Waals surface area contributed by atoms with Crippen molar-refractivity contribution in [3.63, 3.8) is 0 Å². The van der Waals surface area contributed by atoms with E-state index in [9.17, 15) is 24.3 Å². The summed E-state index contributed by atoms with van der Waals surface area (Å²) in [4.78, 5) is 45.4. The molecule has 1 aromatic carbocycles. The summed E-state index contributed by atoms with van der Waals surface area (Å²) in [5.41, 5.74) is 7.95. The molecule has 0 heterocycles. The molecule has 0 aliphatic rings. The van der Waals surface area contributed by atoms with Gasteiger partial charge in [-0.2, -0.15) is 0 Å². The Labute approximate surface area is 138 Å². The molecular weight excluding hydrogens is 318 g/mol. The number of aliphatic carboxylic acids is 2. The zero-order valence-corrected chi connectivity index (χ0v) is 12.8. The molecule has 24 heavy (non-hydrogen) atoms. The van der Waals surface area contributed by atoms with Gasteiger partial charge in [0.15, 0.2) is 0 Å². The number of nitrogens with two attached hydrogens (primary N) is 1. The number of rotatable bonds is 10. The number of amides is 2. The number of carboxylic acids is 2. The first-order valence-corrected chi connectivity index (χ1v) is 7.13. The van der Waals surface area contributed by atoms with Crippen LogP contribution in [0.3, 0.4) is 0 Å². The highest BCUT2D eigenvalue weighted by molar-refractivity contribution is 5.85. The van der Waals surface area contributed by atoms with Crippen molar-refractivity contribution in [3.05, 3.63) is 35.9 Å². The monoisotopic (exact) mass is 337 g/mol. The Morgan fingerprint density at radius 3 is 2.25 bits per heavy atom. The fourth-order valence-corrected chi connectivity index (χ4v) is 2.02. The van der Waals surface area contributed by atoms with Crippen LogP contribution in [0.5, 0.6) is 0 Å². The summed E-state index contributed by atoms with van der Waals surface area (Å²) in [6, 6.07) is 7.17. The molecule has 2 amide bonds. The highest BCUT2D eigenvalue weighted by Gasteiger charge is 2.30. The Hall–Kier alpha value is -2.94. The number of hydrogen-bond acceptors (Lipinski definition) is 5. The van der Waals surface area contributed by atoms with Gasteiger partial charge in [0, 0.05) is 6.42 Å². The highest BCUT2D eigenvalue weighted by atomic mass is 16.4. The largest absolute Gasteiger partial charge is 0.480 e. The van der Waals surface area contributed by atoms with Gasteiger partial charge in [-0.1, -0.05) is 30.3 Å². The Balaban J connectivity index is 2.93. The van der Waals surface area contributed by atoms with Gasteiger partial charge in [0.2, 0.25) is 11.8 Å². The molecule has 0 saturated heterocycles. The molecule has 0 spiro atoms.